The molecule has 0 rings (SSSR count). The number of aliphatic hydroxyl groups excluding tert-OH is 1. The number of hydrogen-bond donors (Lipinski definition) is 2. The minimum Gasteiger partial charge on any atom is -0.393 e. The van der Waals surface area contributed by atoms with Crippen LogP contribution in [0.25, 0.3) is 0 Å². The zero-order chi connectivity index (χ0) is 8.69. The van der Waals surface area contributed by atoms with E-state index in [9.17, 15) is 0 Å². The van der Waals surface area contributed by atoms with Gasteiger partial charge in [0.1, 0.15) is 0 Å². The summed E-state index contributed by atoms with van der Waals surface area (Å²) in [6.07, 6.45) is 0.589. The van der Waals surface area contributed by atoms with Crippen molar-refractivity contribution in [2.75, 3.05) is 20.3 Å². The van der Waals surface area contributed by atoms with Crippen LogP contribution in [-0.4, -0.2) is 37.5 Å². The first-order chi connectivity index (χ1) is 5.16. The molecule has 68 valence electrons. The van der Waals surface area contributed by atoms with Crippen molar-refractivity contribution >= 4 is 0 Å². The molecule has 0 spiro atoms. The predicted molar refractivity (Wildman–Crippen MR) is 45.6 cm³/mol. The monoisotopic (exact) mass is 161 g/mol. The molecule has 0 saturated heterocycles. The van der Waals surface area contributed by atoms with Gasteiger partial charge >= 0.3 is 0 Å². The van der Waals surface area contributed by atoms with E-state index in [1.54, 1.807) is 14.0 Å². The average molecular weight is 161 g/mol. The Hall–Kier alpha value is -0.120. The molecule has 0 amide bonds. The third-order valence-corrected chi connectivity index (χ3v) is 1.47. The number of nitrogens with one attached hydrogen (secondary N) is 1. The minimum absolute atomic E-state index is 0.211. The van der Waals surface area contributed by atoms with E-state index in [2.05, 4.69) is 12.2 Å². The zero-order valence-electron chi connectivity index (χ0n) is 7.63. The highest BCUT2D eigenvalue weighted by molar-refractivity contribution is 4.59. The van der Waals surface area contributed by atoms with Crippen LogP contribution in [0.4, 0.5) is 0 Å². The van der Waals surface area contributed by atoms with Crippen molar-refractivity contribution in [1.29, 1.82) is 0 Å². The first kappa shape index (κ1) is 10.9. The average Bonchev–Trinajstić information content (AvgIpc) is 1.87. The molecule has 0 heterocycles. The van der Waals surface area contributed by atoms with Crippen LogP contribution in [0.3, 0.4) is 0 Å². The van der Waals surface area contributed by atoms with Gasteiger partial charge in [0.25, 0.3) is 0 Å². The summed E-state index contributed by atoms with van der Waals surface area (Å²) in [7, 11) is 1.69. The maximum atomic E-state index is 8.92. The van der Waals surface area contributed by atoms with Crippen LogP contribution in [0.15, 0.2) is 0 Å². The summed E-state index contributed by atoms with van der Waals surface area (Å²) in [5, 5.41) is 12.2. The molecule has 0 aromatic rings. The lowest BCUT2D eigenvalue weighted by atomic mass is 10.2. The molecular weight excluding hydrogens is 142 g/mol. The summed E-state index contributed by atoms with van der Waals surface area (Å²) >= 11 is 0. The number of hydrogen-bond acceptors (Lipinski definition) is 3. The highest BCUT2D eigenvalue weighted by atomic mass is 16.5. The fraction of sp³-hybridized carbons (Fsp3) is 1.00. The van der Waals surface area contributed by atoms with Gasteiger partial charge in [0.15, 0.2) is 0 Å². The Morgan fingerprint density at radius 2 is 2.09 bits per heavy atom. The summed E-state index contributed by atoms with van der Waals surface area (Å²) in [4.78, 5) is 0. The molecule has 2 atom stereocenters. The van der Waals surface area contributed by atoms with Crippen molar-refractivity contribution in [2.24, 2.45) is 0 Å². The molecule has 0 fully saturated rings. The predicted octanol–water partition coefficient (Wildman–Crippen LogP) is 0.382. The second-order valence-electron chi connectivity index (χ2n) is 2.95. The summed E-state index contributed by atoms with van der Waals surface area (Å²) in [6.45, 7) is 5.43. The maximum absolute atomic E-state index is 8.92. The second-order valence-corrected chi connectivity index (χ2v) is 2.95. The van der Waals surface area contributed by atoms with Crippen LogP contribution in [0.2, 0.25) is 0 Å². The largest absolute Gasteiger partial charge is 0.393 e. The molecule has 0 radical (unpaired) electrons. The van der Waals surface area contributed by atoms with Crippen LogP contribution in [0.1, 0.15) is 20.3 Å². The molecule has 2 N–H and O–H groups in total. The van der Waals surface area contributed by atoms with Crippen LogP contribution < -0.4 is 5.32 Å². The Morgan fingerprint density at radius 1 is 1.45 bits per heavy atom. The Morgan fingerprint density at radius 3 is 2.55 bits per heavy atom. The van der Waals surface area contributed by atoms with Crippen molar-refractivity contribution < 1.29 is 9.84 Å². The molecule has 0 saturated carbocycles. The third kappa shape index (κ3) is 7.78. The van der Waals surface area contributed by atoms with Gasteiger partial charge in [0.2, 0.25) is 0 Å². The summed E-state index contributed by atoms with van der Waals surface area (Å²) in [6, 6.07) is 0.374. The molecule has 0 aliphatic rings. The first-order valence-electron chi connectivity index (χ1n) is 4.07. The van der Waals surface area contributed by atoms with Gasteiger partial charge in [-0.15, -0.1) is 0 Å². The Bertz CT molecular complexity index is 86.2. The van der Waals surface area contributed by atoms with E-state index in [4.69, 9.17) is 9.84 Å². The van der Waals surface area contributed by atoms with E-state index in [0.717, 1.165) is 19.6 Å². The van der Waals surface area contributed by atoms with E-state index in [1.807, 2.05) is 0 Å². The van der Waals surface area contributed by atoms with E-state index in [-0.39, 0.29) is 6.10 Å². The molecule has 0 bridgehead atoms. The van der Waals surface area contributed by atoms with Crippen molar-refractivity contribution in [3.63, 3.8) is 0 Å². The summed E-state index contributed by atoms with van der Waals surface area (Å²) in [5.41, 5.74) is 0. The van der Waals surface area contributed by atoms with Crippen molar-refractivity contribution in [3.8, 4) is 0 Å². The standard InChI is InChI=1S/C8H19NO2/c1-7(6-11-3)9-5-4-8(2)10/h7-10H,4-6H2,1-3H3/t7-,8-/m0/s1. The van der Waals surface area contributed by atoms with Gasteiger partial charge in [0.05, 0.1) is 12.7 Å². The lowest BCUT2D eigenvalue weighted by molar-refractivity contribution is 0.160. The zero-order valence-corrected chi connectivity index (χ0v) is 7.63. The molecule has 0 unspecified atom stereocenters. The van der Waals surface area contributed by atoms with E-state index < -0.39 is 0 Å². The Kier molecular flexibility index (Phi) is 6.51. The smallest absolute Gasteiger partial charge is 0.0613 e. The number of methoxy groups -OCH3 is 1. The van der Waals surface area contributed by atoms with Gasteiger partial charge < -0.3 is 15.2 Å². The second kappa shape index (κ2) is 6.58. The lowest BCUT2D eigenvalue weighted by Crippen LogP contribution is -2.32. The van der Waals surface area contributed by atoms with Gasteiger partial charge in [-0.25, -0.2) is 0 Å². The van der Waals surface area contributed by atoms with E-state index in [1.165, 1.54) is 0 Å². The molecule has 11 heavy (non-hydrogen) atoms. The number of rotatable bonds is 6. The third-order valence-electron chi connectivity index (χ3n) is 1.47. The quantitative estimate of drug-likeness (QED) is 0.592. The van der Waals surface area contributed by atoms with E-state index in [0.29, 0.717) is 6.04 Å². The highest BCUT2D eigenvalue weighted by Crippen LogP contribution is 1.88. The molecular formula is C8H19NO2. The SMILES string of the molecule is COC[C@H](C)NCC[C@H](C)O. The number of aliphatic hydroxyl groups is 1. The van der Waals surface area contributed by atoms with Crippen LogP contribution in [-0.2, 0) is 4.74 Å². The lowest BCUT2D eigenvalue weighted by Gasteiger charge is -2.12. The van der Waals surface area contributed by atoms with Crippen molar-refractivity contribution in [1.82, 2.24) is 5.32 Å². The van der Waals surface area contributed by atoms with Crippen molar-refractivity contribution in [3.05, 3.63) is 0 Å². The molecule has 0 aliphatic heterocycles. The van der Waals surface area contributed by atoms with Gasteiger partial charge in [0, 0.05) is 13.2 Å². The fourth-order valence-corrected chi connectivity index (χ4v) is 0.848. The summed E-state index contributed by atoms with van der Waals surface area (Å²) in [5.74, 6) is 0. The van der Waals surface area contributed by atoms with Crippen molar-refractivity contribution in [2.45, 2.75) is 32.4 Å². The normalized spacial score (nSPS) is 16.4. The van der Waals surface area contributed by atoms with Crippen LogP contribution in [0.5, 0.6) is 0 Å². The Balaban J connectivity index is 3.10. The Labute approximate surface area is 68.8 Å². The van der Waals surface area contributed by atoms with Crippen LogP contribution in [0, 0.1) is 0 Å². The summed E-state index contributed by atoms with van der Waals surface area (Å²) < 4.78 is 4.94. The van der Waals surface area contributed by atoms with Gasteiger partial charge in [-0.05, 0) is 26.8 Å². The van der Waals surface area contributed by atoms with E-state index >= 15 is 0 Å². The minimum atomic E-state index is -0.211. The molecule has 0 aliphatic carbocycles. The van der Waals surface area contributed by atoms with Gasteiger partial charge in [-0.2, -0.15) is 0 Å². The fourth-order valence-electron chi connectivity index (χ4n) is 0.848. The van der Waals surface area contributed by atoms with Gasteiger partial charge in [-0.1, -0.05) is 0 Å². The molecule has 0 aromatic carbocycles. The number of ether oxygens (including phenoxy) is 1. The van der Waals surface area contributed by atoms with Crippen LogP contribution >= 0.6 is 0 Å². The molecule has 3 nitrogen and oxygen atoms in total. The highest BCUT2D eigenvalue weighted by Gasteiger charge is 2.00. The maximum Gasteiger partial charge on any atom is 0.0613 e. The topological polar surface area (TPSA) is 41.5 Å². The molecule has 0 aromatic heterocycles. The molecule has 3 heteroatoms. The van der Waals surface area contributed by atoms with Gasteiger partial charge in [-0.3, -0.25) is 0 Å². The first-order valence-corrected chi connectivity index (χ1v) is 4.07.